The average molecular weight is 334 g/mol. The topological polar surface area (TPSA) is 70.7 Å². The number of carbonyl (C=O) groups excluding carboxylic acids is 1. The van der Waals surface area contributed by atoms with Gasteiger partial charge < -0.3 is 14.6 Å². The molecule has 0 bridgehead atoms. The third-order valence-electron chi connectivity index (χ3n) is 7.71. The maximum Gasteiger partial charge on any atom is 0.166 e. The fraction of sp³-hybridized carbons (Fsp3) is 0.750. The molecule has 3 rings (SSSR count). The molecule has 4 heteroatoms. The van der Waals surface area contributed by atoms with Crippen LogP contribution in [0.25, 0.3) is 0 Å². The molecule has 0 aliphatic heterocycles. The van der Waals surface area contributed by atoms with E-state index in [0.717, 1.165) is 19.3 Å². The highest BCUT2D eigenvalue weighted by Crippen LogP contribution is 2.64. The summed E-state index contributed by atoms with van der Waals surface area (Å²) in [5.41, 5.74) is -1.05. The van der Waals surface area contributed by atoms with Gasteiger partial charge in [0.1, 0.15) is 6.26 Å². The largest absolute Gasteiger partial charge is 0.472 e. The van der Waals surface area contributed by atoms with Crippen LogP contribution in [0.5, 0.6) is 0 Å². The summed E-state index contributed by atoms with van der Waals surface area (Å²) in [6.45, 7) is 8.30. The van der Waals surface area contributed by atoms with Crippen LogP contribution in [0.2, 0.25) is 0 Å². The molecular formula is C20H30O4. The highest BCUT2D eigenvalue weighted by molar-refractivity contribution is 5.96. The number of ketones is 1. The first kappa shape index (κ1) is 17.7. The van der Waals surface area contributed by atoms with Crippen LogP contribution in [-0.2, 0) is 0 Å². The Morgan fingerprint density at radius 2 is 2.00 bits per heavy atom. The molecule has 2 aliphatic carbocycles. The molecule has 6 unspecified atom stereocenters. The van der Waals surface area contributed by atoms with Crippen molar-refractivity contribution < 1.29 is 19.4 Å². The Labute approximate surface area is 144 Å². The predicted molar refractivity (Wildman–Crippen MR) is 91.6 cm³/mol. The molecule has 0 radical (unpaired) electrons. The summed E-state index contributed by atoms with van der Waals surface area (Å²) >= 11 is 0. The van der Waals surface area contributed by atoms with E-state index in [1.807, 2.05) is 0 Å². The van der Waals surface area contributed by atoms with E-state index in [9.17, 15) is 15.0 Å². The van der Waals surface area contributed by atoms with Gasteiger partial charge in [-0.3, -0.25) is 4.79 Å². The lowest BCUT2D eigenvalue weighted by Crippen LogP contribution is -2.65. The Hall–Kier alpha value is -1.13. The Kier molecular flexibility index (Phi) is 4.20. The molecule has 2 saturated carbocycles. The summed E-state index contributed by atoms with van der Waals surface area (Å²) < 4.78 is 5.06. The Morgan fingerprint density at radius 1 is 1.29 bits per heavy atom. The minimum absolute atomic E-state index is 0.105. The zero-order valence-corrected chi connectivity index (χ0v) is 15.2. The molecule has 0 aromatic carbocycles. The van der Waals surface area contributed by atoms with Gasteiger partial charge in [0.05, 0.1) is 23.5 Å². The molecule has 4 nitrogen and oxygen atoms in total. The molecule has 0 saturated heterocycles. The van der Waals surface area contributed by atoms with Gasteiger partial charge in [-0.25, -0.2) is 0 Å². The van der Waals surface area contributed by atoms with Crippen LogP contribution >= 0.6 is 0 Å². The highest BCUT2D eigenvalue weighted by atomic mass is 16.3. The van der Waals surface area contributed by atoms with Gasteiger partial charge in [0.2, 0.25) is 0 Å². The van der Waals surface area contributed by atoms with Gasteiger partial charge in [-0.05, 0) is 55.9 Å². The van der Waals surface area contributed by atoms with Gasteiger partial charge in [-0.15, -0.1) is 0 Å². The van der Waals surface area contributed by atoms with Crippen LogP contribution < -0.4 is 0 Å². The zero-order valence-electron chi connectivity index (χ0n) is 15.2. The van der Waals surface area contributed by atoms with Gasteiger partial charge in [0, 0.05) is 11.8 Å². The summed E-state index contributed by atoms with van der Waals surface area (Å²) in [5, 5.41) is 21.5. The van der Waals surface area contributed by atoms with Gasteiger partial charge in [-0.1, -0.05) is 20.8 Å². The minimum Gasteiger partial charge on any atom is -0.472 e. The summed E-state index contributed by atoms with van der Waals surface area (Å²) in [6, 6.07) is 1.72. The molecule has 1 heterocycles. The molecule has 2 fully saturated rings. The molecule has 0 spiro atoms. The first-order valence-corrected chi connectivity index (χ1v) is 9.09. The molecule has 134 valence electrons. The lowest BCUT2D eigenvalue weighted by atomic mass is 9.43. The van der Waals surface area contributed by atoms with E-state index in [0.29, 0.717) is 24.3 Å². The Bertz CT molecular complexity index is 605. The SMILES string of the molecule is CC1CCC2(C)C(CCC(O)C2(C)O)C1(C)CC(=O)c1ccoc1. The number of fused-ring (bicyclic) bond motifs is 1. The van der Waals surface area contributed by atoms with E-state index < -0.39 is 11.7 Å². The summed E-state index contributed by atoms with van der Waals surface area (Å²) in [5.74, 6) is 0.716. The predicted octanol–water partition coefficient (Wildman–Crippen LogP) is 3.82. The number of Topliss-reactive ketones (excluding diaryl/α,β-unsaturated/α-hetero) is 1. The van der Waals surface area contributed by atoms with Crippen molar-refractivity contribution >= 4 is 5.78 Å². The van der Waals surface area contributed by atoms with Crippen molar-refractivity contribution in [3.05, 3.63) is 24.2 Å². The number of aliphatic hydroxyl groups is 2. The second-order valence-corrected chi connectivity index (χ2v) is 8.77. The van der Waals surface area contributed by atoms with Crippen molar-refractivity contribution in [3.63, 3.8) is 0 Å². The fourth-order valence-electron chi connectivity index (χ4n) is 5.50. The number of aliphatic hydroxyl groups excluding tert-OH is 1. The molecule has 2 aliphatic rings. The molecule has 1 aromatic heterocycles. The number of hydrogen-bond donors (Lipinski definition) is 2. The first-order valence-electron chi connectivity index (χ1n) is 9.09. The first-order chi connectivity index (χ1) is 11.1. The Morgan fingerprint density at radius 3 is 2.62 bits per heavy atom. The van der Waals surface area contributed by atoms with E-state index in [2.05, 4.69) is 20.8 Å². The van der Waals surface area contributed by atoms with Gasteiger partial charge in [-0.2, -0.15) is 0 Å². The van der Waals surface area contributed by atoms with Crippen molar-refractivity contribution in [3.8, 4) is 0 Å². The maximum atomic E-state index is 12.8. The fourth-order valence-corrected chi connectivity index (χ4v) is 5.50. The van der Waals surface area contributed by atoms with Gasteiger partial charge in [0.15, 0.2) is 5.78 Å². The number of hydrogen-bond acceptors (Lipinski definition) is 4. The number of furan rings is 1. The van der Waals surface area contributed by atoms with Crippen molar-refractivity contribution in [2.45, 2.75) is 71.5 Å². The third-order valence-corrected chi connectivity index (χ3v) is 7.71. The highest BCUT2D eigenvalue weighted by Gasteiger charge is 2.63. The molecule has 2 N–H and O–H groups in total. The number of rotatable bonds is 3. The smallest absolute Gasteiger partial charge is 0.166 e. The lowest BCUT2D eigenvalue weighted by molar-refractivity contribution is -0.233. The summed E-state index contributed by atoms with van der Waals surface area (Å²) in [7, 11) is 0. The van der Waals surface area contributed by atoms with Crippen LogP contribution in [0.15, 0.2) is 23.0 Å². The van der Waals surface area contributed by atoms with Crippen LogP contribution in [0.4, 0.5) is 0 Å². The monoisotopic (exact) mass is 334 g/mol. The molecular weight excluding hydrogens is 304 g/mol. The Balaban J connectivity index is 1.95. The van der Waals surface area contributed by atoms with E-state index >= 15 is 0 Å². The van der Waals surface area contributed by atoms with Crippen molar-refractivity contribution in [1.82, 2.24) is 0 Å². The molecule has 24 heavy (non-hydrogen) atoms. The molecule has 1 aromatic rings. The van der Waals surface area contributed by atoms with E-state index in [4.69, 9.17) is 4.42 Å². The van der Waals surface area contributed by atoms with Gasteiger partial charge >= 0.3 is 0 Å². The van der Waals surface area contributed by atoms with Crippen molar-refractivity contribution in [1.29, 1.82) is 0 Å². The molecule has 6 atom stereocenters. The normalized spacial score (nSPS) is 45.7. The lowest BCUT2D eigenvalue weighted by Gasteiger charge is -2.63. The van der Waals surface area contributed by atoms with Crippen LogP contribution in [0.3, 0.4) is 0 Å². The zero-order chi connectivity index (χ0) is 17.8. The van der Waals surface area contributed by atoms with Crippen LogP contribution in [0.1, 0.15) is 70.2 Å². The van der Waals surface area contributed by atoms with Crippen molar-refractivity contribution in [2.24, 2.45) is 22.7 Å². The second kappa shape index (κ2) is 5.70. The quantitative estimate of drug-likeness (QED) is 0.825. The molecule has 0 amide bonds. The van der Waals surface area contributed by atoms with E-state index in [-0.39, 0.29) is 22.5 Å². The average Bonchev–Trinajstić information content (AvgIpc) is 3.04. The standard InChI is InChI=1S/C20H30O4/c1-13-7-9-19(3)16(5-6-17(22)20(19,4)23)18(13,2)11-15(21)14-8-10-24-12-14/h8,10,12-13,16-17,22-23H,5-7,9,11H2,1-4H3. The van der Waals surface area contributed by atoms with E-state index in [1.165, 1.54) is 12.5 Å². The second-order valence-electron chi connectivity index (χ2n) is 8.77. The minimum atomic E-state index is -1.12. The third kappa shape index (κ3) is 2.38. The number of carbonyl (C=O) groups is 1. The van der Waals surface area contributed by atoms with Crippen LogP contribution in [-0.4, -0.2) is 27.7 Å². The summed E-state index contributed by atoms with van der Waals surface area (Å²) in [6.07, 6.45) is 6.11. The van der Waals surface area contributed by atoms with E-state index in [1.54, 1.807) is 13.0 Å². The van der Waals surface area contributed by atoms with Crippen LogP contribution in [0, 0.1) is 22.7 Å². The maximum absolute atomic E-state index is 12.8. The summed E-state index contributed by atoms with van der Waals surface area (Å²) in [4.78, 5) is 12.8. The van der Waals surface area contributed by atoms with Gasteiger partial charge in [0.25, 0.3) is 0 Å². The van der Waals surface area contributed by atoms with Crippen molar-refractivity contribution in [2.75, 3.05) is 0 Å².